The summed E-state index contributed by atoms with van der Waals surface area (Å²) < 4.78 is 17.5. The van der Waals surface area contributed by atoms with Crippen molar-refractivity contribution in [2.24, 2.45) is 5.73 Å². The summed E-state index contributed by atoms with van der Waals surface area (Å²) in [5.41, 5.74) is 5.33. The molecule has 0 aliphatic carbocycles. The van der Waals surface area contributed by atoms with E-state index < -0.39 is 17.7 Å². The highest BCUT2D eigenvalue weighted by atomic mass is 19.1. The fourth-order valence-electron chi connectivity index (χ4n) is 1.25. The van der Waals surface area contributed by atoms with Crippen LogP contribution in [0.4, 0.5) is 10.1 Å². The number of esters is 1. The van der Waals surface area contributed by atoms with Crippen LogP contribution in [0.2, 0.25) is 0 Å². The Morgan fingerprint density at radius 1 is 1.50 bits per heavy atom. The Kier molecular flexibility index (Phi) is 5.01. The minimum atomic E-state index is -0.729. The lowest BCUT2D eigenvalue weighted by atomic mass is 10.1. The van der Waals surface area contributed by atoms with Gasteiger partial charge in [-0.1, -0.05) is 6.08 Å². The first kappa shape index (κ1) is 13.9. The van der Waals surface area contributed by atoms with Crippen LogP contribution >= 0.6 is 0 Å². The number of nitrogens with two attached hydrogens (primary N) is 1. The van der Waals surface area contributed by atoms with Crippen LogP contribution in [0.5, 0.6) is 0 Å². The van der Waals surface area contributed by atoms with Crippen molar-refractivity contribution in [3.63, 3.8) is 0 Å². The molecule has 0 saturated carbocycles. The lowest BCUT2D eigenvalue weighted by molar-refractivity contribution is -0.111. The number of hydrogen-bond donors (Lipinski definition) is 2. The summed E-state index contributed by atoms with van der Waals surface area (Å²) in [6, 6.07) is 3.42. The monoisotopic (exact) mass is 252 g/mol. The first-order valence-corrected chi connectivity index (χ1v) is 5.14. The molecule has 3 N–H and O–H groups in total. The van der Waals surface area contributed by atoms with Gasteiger partial charge in [-0.2, -0.15) is 0 Å². The fourth-order valence-corrected chi connectivity index (χ4v) is 1.25. The Morgan fingerprint density at radius 2 is 2.22 bits per heavy atom. The molecule has 0 bridgehead atoms. The summed E-state index contributed by atoms with van der Waals surface area (Å²) >= 11 is 0. The molecule has 0 atom stereocenters. The quantitative estimate of drug-likeness (QED) is 0.620. The molecular weight excluding hydrogens is 239 g/mol. The smallest absolute Gasteiger partial charge is 0.340 e. The first-order chi connectivity index (χ1) is 8.58. The number of hydrogen-bond acceptors (Lipinski definition) is 4. The second-order valence-corrected chi connectivity index (χ2v) is 3.31. The van der Waals surface area contributed by atoms with Crippen LogP contribution in [-0.4, -0.2) is 25.5 Å². The fraction of sp³-hybridized carbons (Fsp3) is 0.167. The number of carbonyl (C=O) groups is 2. The first-order valence-electron chi connectivity index (χ1n) is 5.14. The predicted molar refractivity (Wildman–Crippen MR) is 64.6 cm³/mol. The van der Waals surface area contributed by atoms with Crippen LogP contribution < -0.4 is 11.1 Å². The average molecular weight is 252 g/mol. The third kappa shape index (κ3) is 3.67. The molecule has 0 unspecified atom stereocenters. The molecule has 0 aliphatic rings. The van der Waals surface area contributed by atoms with Crippen molar-refractivity contribution in [2.45, 2.75) is 0 Å². The van der Waals surface area contributed by atoms with E-state index in [1.807, 2.05) is 0 Å². The average Bonchev–Trinajstić information content (AvgIpc) is 2.37. The number of carbonyl (C=O) groups excluding carboxylic acids is 2. The predicted octanol–water partition coefficient (Wildman–Crippen LogP) is 1.07. The van der Waals surface area contributed by atoms with Crippen molar-refractivity contribution in [1.82, 2.24) is 0 Å². The minimum Gasteiger partial charge on any atom is -0.465 e. The van der Waals surface area contributed by atoms with E-state index in [4.69, 9.17) is 5.73 Å². The second-order valence-electron chi connectivity index (χ2n) is 3.31. The minimum absolute atomic E-state index is 0.0491. The Hall–Kier alpha value is -2.21. The maximum absolute atomic E-state index is 13.0. The van der Waals surface area contributed by atoms with E-state index in [9.17, 15) is 14.0 Å². The van der Waals surface area contributed by atoms with Crippen LogP contribution in [0.15, 0.2) is 30.4 Å². The van der Waals surface area contributed by atoms with Crippen molar-refractivity contribution < 1.29 is 18.7 Å². The van der Waals surface area contributed by atoms with Crippen molar-refractivity contribution in [1.29, 1.82) is 0 Å². The molecule has 1 aromatic carbocycles. The van der Waals surface area contributed by atoms with Crippen molar-refractivity contribution >= 4 is 17.6 Å². The van der Waals surface area contributed by atoms with E-state index >= 15 is 0 Å². The van der Waals surface area contributed by atoms with Gasteiger partial charge in [0.1, 0.15) is 5.82 Å². The molecule has 18 heavy (non-hydrogen) atoms. The number of ether oxygens (including phenoxy) is 1. The van der Waals surface area contributed by atoms with Gasteiger partial charge in [0.05, 0.1) is 18.4 Å². The van der Waals surface area contributed by atoms with Crippen LogP contribution in [0, 0.1) is 5.82 Å². The van der Waals surface area contributed by atoms with Gasteiger partial charge in [0.2, 0.25) is 5.91 Å². The number of benzene rings is 1. The molecule has 5 nitrogen and oxygen atoms in total. The highest BCUT2D eigenvalue weighted by Crippen LogP contribution is 2.18. The highest BCUT2D eigenvalue weighted by Gasteiger charge is 2.14. The van der Waals surface area contributed by atoms with Gasteiger partial charge in [-0.3, -0.25) is 4.79 Å². The maximum atomic E-state index is 13.0. The molecule has 1 rings (SSSR count). The second kappa shape index (κ2) is 6.51. The number of methoxy groups -OCH3 is 1. The molecule has 1 aromatic rings. The summed E-state index contributed by atoms with van der Waals surface area (Å²) in [6.07, 6.45) is 2.68. The Bertz CT molecular complexity index is 486. The van der Waals surface area contributed by atoms with Gasteiger partial charge in [0, 0.05) is 12.6 Å². The molecule has 0 fully saturated rings. The zero-order chi connectivity index (χ0) is 13.5. The third-order valence-electron chi connectivity index (χ3n) is 2.05. The number of amides is 1. The van der Waals surface area contributed by atoms with Crippen molar-refractivity contribution in [3.05, 3.63) is 41.7 Å². The zero-order valence-corrected chi connectivity index (χ0v) is 9.77. The SMILES string of the molecule is COC(=O)c1cc(F)ccc1NC(=O)/C=C/CN. The normalized spacial score (nSPS) is 10.4. The lowest BCUT2D eigenvalue weighted by Gasteiger charge is -2.08. The lowest BCUT2D eigenvalue weighted by Crippen LogP contribution is -2.13. The molecule has 0 heterocycles. The molecule has 0 spiro atoms. The molecule has 0 saturated heterocycles. The summed E-state index contributed by atoms with van der Waals surface area (Å²) in [7, 11) is 1.17. The van der Waals surface area contributed by atoms with Gasteiger partial charge in [0.25, 0.3) is 0 Å². The van der Waals surface area contributed by atoms with E-state index in [2.05, 4.69) is 10.1 Å². The number of halogens is 1. The third-order valence-corrected chi connectivity index (χ3v) is 2.05. The zero-order valence-electron chi connectivity index (χ0n) is 9.77. The summed E-state index contributed by atoms with van der Waals surface area (Å²) in [4.78, 5) is 22.8. The van der Waals surface area contributed by atoms with E-state index in [1.165, 1.54) is 25.3 Å². The summed E-state index contributed by atoms with van der Waals surface area (Å²) in [6.45, 7) is 0.223. The molecule has 0 aliphatic heterocycles. The molecule has 1 amide bonds. The number of nitrogens with one attached hydrogen (secondary N) is 1. The molecule has 0 aromatic heterocycles. The number of rotatable bonds is 4. The topological polar surface area (TPSA) is 81.4 Å². The largest absolute Gasteiger partial charge is 0.465 e. The van der Waals surface area contributed by atoms with E-state index in [1.54, 1.807) is 0 Å². The standard InChI is InChI=1S/C12H13FN2O3/c1-18-12(17)9-7-8(13)4-5-10(9)15-11(16)3-2-6-14/h2-5,7H,6,14H2,1H3,(H,15,16)/b3-2+. The van der Waals surface area contributed by atoms with Gasteiger partial charge in [-0.05, 0) is 18.2 Å². The molecule has 96 valence electrons. The van der Waals surface area contributed by atoms with Crippen LogP contribution in [0.3, 0.4) is 0 Å². The van der Waals surface area contributed by atoms with Crippen LogP contribution in [0.1, 0.15) is 10.4 Å². The van der Waals surface area contributed by atoms with Crippen LogP contribution in [0.25, 0.3) is 0 Å². The molecule has 0 radical (unpaired) electrons. The number of anilines is 1. The molecular formula is C12H13FN2O3. The summed E-state index contributed by atoms with van der Waals surface area (Å²) in [5, 5.41) is 2.44. The Labute approximate surface area is 103 Å². The van der Waals surface area contributed by atoms with Gasteiger partial charge in [-0.25, -0.2) is 9.18 Å². The van der Waals surface area contributed by atoms with E-state index in [0.29, 0.717) is 0 Å². The van der Waals surface area contributed by atoms with Crippen LogP contribution in [-0.2, 0) is 9.53 Å². The Morgan fingerprint density at radius 3 is 2.83 bits per heavy atom. The van der Waals surface area contributed by atoms with Gasteiger partial charge >= 0.3 is 5.97 Å². The Balaban J connectivity index is 2.98. The van der Waals surface area contributed by atoms with Gasteiger partial charge in [-0.15, -0.1) is 0 Å². The molecule has 6 heteroatoms. The van der Waals surface area contributed by atoms with E-state index in [0.717, 1.165) is 12.1 Å². The van der Waals surface area contributed by atoms with Crippen molar-refractivity contribution in [2.75, 3.05) is 19.0 Å². The van der Waals surface area contributed by atoms with E-state index in [-0.39, 0.29) is 17.8 Å². The summed E-state index contributed by atoms with van der Waals surface area (Å²) in [5.74, 6) is -1.78. The highest BCUT2D eigenvalue weighted by molar-refractivity contribution is 6.04. The maximum Gasteiger partial charge on any atom is 0.340 e. The van der Waals surface area contributed by atoms with Gasteiger partial charge < -0.3 is 15.8 Å². The van der Waals surface area contributed by atoms with Crippen molar-refractivity contribution in [3.8, 4) is 0 Å². The van der Waals surface area contributed by atoms with Gasteiger partial charge in [0.15, 0.2) is 0 Å².